The van der Waals surface area contributed by atoms with E-state index in [2.05, 4.69) is 5.32 Å². The van der Waals surface area contributed by atoms with Crippen molar-refractivity contribution < 1.29 is 18.6 Å². The SMILES string of the molecule is O=S(=O)(C1CCCCC1)N1CCN(C(O)CNC(O)CCC2CCCC(Cl)C2)CC1. The van der Waals surface area contributed by atoms with Crippen molar-refractivity contribution in [3.63, 3.8) is 0 Å². The number of rotatable bonds is 9. The second kappa shape index (κ2) is 11.8. The summed E-state index contributed by atoms with van der Waals surface area (Å²) < 4.78 is 27.3. The van der Waals surface area contributed by atoms with Gasteiger partial charge in [0.25, 0.3) is 0 Å². The summed E-state index contributed by atoms with van der Waals surface area (Å²) in [6.07, 6.45) is 9.44. The monoisotopic (exact) mass is 465 g/mol. The number of sulfonamides is 1. The van der Waals surface area contributed by atoms with Crippen LogP contribution in [-0.2, 0) is 10.0 Å². The van der Waals surface area contributed by atoms with Crippen LogP contribution in [0, 0.1) is 5.92 Å². The van der Waals surface area contributed by atoms with Crippen LogP contribution >= 0.6 is 11.6 Å². The molecule has 176 valence electrons. The van der Waals surface area contributed by atoms with Crippen LogP contribution < -0.4 is 5.32 Å². The summed E-state index contributed by atoms with van der Waals surface area (Å²) in [4.78, 5) is 1.89. The van der Waals surface area contributed by atoms with Crippen molar-refractivity contribution in [1.82, 2.24) is 14.5 Å². The van der Waals surface area contributed by atoms with E-state index in [9.17, 15) is 18.6 Å². The van der Waals surface area contributed by atoms with Gasteiger partial charge in [0.15, 0.2) is 0 Å². The van der Waals surface area contributed by atoms with Gasteiger partial charge in [0.05, 0.1) is 5.25 Å². The number of nitrogens with zero attached hydrogens (tertiary/aromatic N) is 2. The van der Waals surface area contributed by atoms with Gasteiger partial charge in [-0.3, -0.25) is 10.2 Å². The number of aliphatic hydroxyl groups is 2. The predicted octanol–water partition coefficient (Wildman–Crippen LogP) is 2.07. The number of aliphatic hydroxyl groups excluding tert-OH is 2. The molecule has 0 aromatic heterocycles. The molecular formula is C21H40ClN3O4S. The Morgan fingerprint density at radius 3 is 2.33 bits per heavy atom. The minimum Gasteiger partial charge on any atom is -0.379 e. The van der Waals surface area contributed by atoms with Crippen molar-refractivity contribution in [2.75, 3.05) is 32.7 Å². The maximum Gasteiger partial charge on any atom is 0.217 e. The fourth-order valence-electron chi connectivity index (χ4n) is 5.18. The summed E-state index contributed by atoms with van der Waals surface area (Å²) in [5, 5.41) is 23.8. The lowest BCUT2D eigenvalue weighted by Crippen LogP contribution is -2.56. The Hall–Kier alpha value is 0.0400. The first-order valence-corrected chi connectivity index (χ1v) is 13.8. The summed E-state index contributed by atoms with van der Waals surface area (Å²) in [6.45, 7) is 2.17. The van der Waals surface area contributed by atoms with Gasteiger partial charge in [-0.15, -0.1) is 11.6 Å². The Balaban J connectivity index is 1.34. The lowest BCUT2D eigenvalue weighted by atomic mass is 9.85. The van der Waals surface area contributed by atoms with Gasteiger partial charge in [-0.25, -0.2) is 8.42 Å². The van der Waals surface area contributed by atoms with Gasteiger partial charge in [0.2, 0.25) is 10.0 Å². The van der Waals surface area contributed by atoms with Crippen LogP contribution in [0.1, 0.15) is 70.6 Å². The van der Waals surface area contributed by atoms with Crippen LogP contribution in [0.2, 0.25) is 0 Å². The first kappa shape index (κ1) is 24.7. The third-order valence-corrected chi connectivity index (χ3v) is 9.93. The summed E-state index contributed by atoms with van der Waals surface area (Å²) in [6, 6.07) is 0. The van der Waals surface area contributed by atoms with E-state index in [0.29, 0.717) is 38.5 Å². The van der Waals surface area contributed by atoms with Crippen LogP contribution in [0.25, 0.3) is 0 Å². The van der Waals surface area contributed by atoms with Crippen molar-refractivity contribution in [2.24, 2.45) is 5.92 Å². The molecule has 2 saturated carbocycles. The van der Waals surface area contributed by atoms with Gasteiger partial charge in [0, 0.05) is 38.1 Å². The van der Waals surface area contributed by atoms with Gasteiger partial charge >= 0.3 is 0 Å². The molecule has 0 amide bonds. The number of hydrogen-bond acceptors (Lipinski definition) is 6. The predicted molar refractivity (Wildman–Crippen MR) is 120 cm³/mol. The van der Waals surface area contributed by atoms with Crippen molar-refractivity contribution in [2.45, 2.75) is 93.7 Å². The molecule has 1 aliphatic heterocycles. The minimum atomic E-state index is -3.22. The van der Waals surface area contributed by atoms with Gasteiger partial charge in [-0.05, 0) is 44.4 Å². The first-order valence-electron chi connectivity index (χ1n) is 11.8. The van der Waals surface area contributed by atoms with Crippen LogP contribution in [-0.4, -0.2) is 83.6 Å². The molecule has 1 heterocycles. The van der Waals surface area contributed by atoms with Crippen LogP contribution in [0.15, 0.2) is 0 Å². The highest BCUT2D eigenvalue weighted by Gasteiger charge is 2.35. The summed E-state index contributed by atoms with van der Waals surface area (Å²) in [5.74, 6) is 0.585. The molecule has 0 spiro atoms. The average Bonchev–Trinajstić information content (AvgIpc) is 2.77. The Bertz CT molecular complexity index is 609. The molecule has 1 saturated heterocycles. The average molecular weight is 466 g/mol. The molecule has 4 atom stereocenters. The zero-order valence-electron chi connectivity index (χ0n) is 18.1. The van der Waals surface area contributed by atoms with Gasteiger partial charge in [-0.2, -0.15) is 4.31 Å². The lowest BCUT2D eigenvalue weighted by molar-refractivity contribution is -0.0233. The van der Waals surface area contributed by atoms with Crippen LogP contribution in [0.3, 0.4) is 0 Å². The van der Waals surface area contributed by atoms with Gasteiger partial charge < -0.3 is 10.2 Å². The number of hydrogen-bond donors (Lipinski definition) is 3. The Kier molecular flexibility index (Phi) is 9.68. The second-order valence-corrected chi connectivity index (χ2v) is 12.2. The third kappa shape index (κ3) is 7.02. The molecule has 3 aliphatic rings. The smallest absolute Gasteiger partial charge is 0.217 e. The largest absolute Gasteiger partial charge is 0.379 e. The Morgan fingerprint density at radius 2 is 1.67 bits per heavy atom. The molecule has 4 unspecified atom stereocenters. The number of halogens is 1. The van der Waals surface area contributed by atoms with Crippen LogP contribution in [0.5, 0.6) is 0 Å². The van der Waals surface area contributed by atoms with Crippen molar-refractivity contribution in [1.29, 1.82) is 0 Å². The Labute approximate surface area is 187 Å². The summed E-state index contributed by atoms with van der Waals surface area (Å²) in [7, 11) is -3.22. The van der Waals surface area contributed by atoms with E-state index in [1.165, 1.54) is 12.8 Å². The van der Waals surface area contributed by atoms with E-state index in [0.717, 1.165) is 51.4 Å². The standard InChI is InChI=1S/C21H40ClN3O4S/c22-18-6-4-5-17(15-18)9-10-20(26)23-16-21(27)24-11-13-25(14-12-24)30(28,29)19-7-2-1-3-8-19/h17-21,23,26-27H,1-16H2. The third-order valence-electron chi connectivity index (χ3n) is 7.13. The fourth-order valence-corrected chi connectivity index (χ4v) is 7.61. The zero-order valence-corrected chi connectivity index (χ0v) is 19.7. The molecule has 7 nitrogen and oxygen atoms in total. The lowest BCUT2D eigenvalue weighted by Gasteiger charge is -2.38. The van der Waals surface area contributed by atoms with Gasteiger partial charge in [-0.1, -0.05) is 32.1 Å². The normalized spacial score (nSPS) is 30.2. The number of alkyl halides is 1. The highest BCUT2D eigenvalue weighted by atomic mass is 35.5. The molecule has 0 aromatic carbocycles. The van der Waals surface area contributed by atoms with E-state index in [-0.39, 0.29) is 17.2 Å². The molecule has 0 radical (unpaired) electrons. The van der Waals surface area contributed by atoms with E-state index < -0.39 is 22.5 Å². The summed E-state index contributed by atoms with van der Waals surface area (Å²) >= 11 is 6.24. The molecule has 3 fully saturated rings. The maximum absolute atomic E-state index is 12.8. The number of piperazine rings is 1. The molecule has 0 aromatic rings. The molecule has 0 bridgehead atoms. The van der Waals surface area contributed by atoms with E-state index >= 15 is 0 Å². The van der Waals surface area contributed by atoms with Crippen molar-refractivity contribution in [3.8, 4) is 0 Å². The molecular weight excluding hydrogens is 426 g/mol. The second-order valence-electron chi connectivity index (χ2n) is 9.35. The highest BCUT2D eigenvalue weighted by Crippen LogP contribution is 2.31. The number of nitrogens with one attached hydrogen (secondary N) is 1. The van der Waals surface area contributed by atoms with Crippen molar-refractivity contribution >= 4 is 21.6 Å². The van der Waals surface area contributed by atoms with Gasteiger partial charge in [0.1, 0.15) is 12.5 Å². The topological polar surface area (TPSA) is 93.1 Å². The minimum absolute atomic E-state index is 0.224. The molecule has 2 aliphatic carbocycles. The molecule has 30 heavy (non-hydrogen) atoms. The van der Waals surface area contributed by atoms with E-state index in [1.54, 1.807) is 4.31 Å². The quantitative estimate of drug-likeness (QED) is 0.356. The highest BCUT2D eigenvalue weighted by molar-refractivity contribution is 7.89. The molecule has 3 rings (SSSR count). The molecule has 9 heteroatoms. The maximum atomic E-state index is 12.8. The van der Waals surface area contributed by atoms with Crippen molar-refractivity contribution in [3.05, 3.63) is 0 Å². The van der Waals surface area contributed by atoms with Crippen LogP contribution in [0.4, 0.5) is 0 Å². The molecule has 3 N–H and O–H groups in total. The first-order chi connectivity index (χ1) is 14.4. The Morgan fingerprint density at radius 1 is 0.967 bits per heavy atom. The summed E-state index contributed by atoms with van der Waals surface area (Å²) in [5.41, 5.74) is 0. The fraction of sp³-hybridized carbons (Fsp3) is 1.00. The zero-order chi connectivity index (χ0) is 21.6. The van der Waals surface area contributed by atoms with E-state index in [4.69, 9.17) is 11.6 Å². The van der Waals surface area contributed by atoms with E-state index in [1.807, 2.05) is 4.90 Å².